The van der Waals surface area contributed by atoms with Gasteiger partial charge >= 0.3 is 17.4 Å². The molecule has 0 aliphatic heterocycles. The molecule has 0 nitrogen and oxygen atoms in total. The van der Waals surface area contributed by atoms with Crippen molar-refractivity contribution in [1.82, 2.24) is 0 Å². The van der Waals surface area contributed by atoms with E-state index in [-0.39, 0.29) is 17.4 Å². The van der Waals surface area contributed by atoms with Crippen molar-refractivity contribution in [3.05, 3.63) is 20.8 Å². The van der Waals surface area contributed by atoms with Gasteiger partial charge in [-0.15, -0.1) is 0 Å². The average molecular weight is 198 g/mol. The number of unbranched alkanes of at least 4 members (excludes halogenated alkanes) is 5. The Morgan fingerprint density at radius 3 is 1.46 bits per heavy atom. The molecule has 0 aliphatic carbocycles. The van der Waals surface area contributed by atoms with Gasteiger partial charge in [0.25, 0.3) is 0 Å². The van der Waals surface area contributed by atoms with Gasteiger partial charge < -0.3 is 20.8 Å². The second-order valence-corrected chi connectivity index (χ2v) is 2.27. The maximum absolute atomic E-state index is 3.78. The predicted molar refractivity (Wildman–Crippen MR) is 66.5 cm³/mol. The molecule has 78 valence electrons. The quantitative estimate of drug-likeness (QED) is 0.347. The molecule has 0 unspecified atom stereocenters. The molecule has 0 saturated carbocycles. The van der Waals surface area contributed by atoms with Crippen LogP contribution in [-0.2, 0) is 0 Å². The zero-order valence-corrected chi connectivity index (χ0v) is 11.1. The van der Waals surface area contributed by atoms with Crippen molar-refractivity contribution in [1.29, 1.82) is 0 Å². The van der Waals surface area contributed by atoms with Crippen LogP contribution in [-0.4, -0.2) is 17.4 Å². The number of hydrogen-bond donors (Lipinski definition) is 0. The molecule has 0 aliphatic rings. The molecule has 0 heterocycles. The first-order valence-electron chi connectivity index (χ1n) is 5.12. The van der Waals surface area contributed by atoms with Gasteiger partial charge in [0.1, 0.15) is 0 Å². The SMILES string of the molecule is [Al+3].[CH2-]C.[CH2-]C.[CH2-]CCCCCCC. The van der Waals surface area contributed by atoms with Crippen LogP contribution in [0.2, 0.25) is 0 Å². The molecular formula is C12H27Al. The van der Waals surface area contributed by atoms with Gasteiger partial charge in [-0.3, -0.25) is 0 Å². The maximum atomic E-state index is 3.78. The van der Waals surface area contributed by atoms with Crippen molar-refractivity contribution < 1.29 is 0 Å². The van der Waals surface area contributed by atoms with Crippen molar-refractivity contribution in [2.24, 2.45) is 0 Å². The van der Waals surface area contributed by atoms with Crippen LogP contribution in [0.15, 0.2) is 0 Å². The van der Waals surface area contributed by atoms with E-state index in [1.165, 1.54) is 32.1 Å². The molecule has 0 aromatic rings. The van der Waals surface area contributed by atoms with Crippen LogP contribution in [0.3, 0.4) is 0 Å². The molecule has 0 bridgehead atoms. The van der Waals surface area contributed by atoms with E-state index in [2.05, 4.69) is 27.7 Å². The molecule has 0 amide bonds. The first-order valence-corrected chi connectivity index (χ1v) is 5.12. The van der Waals surface area contributed by atoms with E-state index in [4.69, 9.17) is 0 Å². The third-order valence-corrected chi connectivity index (χ3v) is 1.35. The fourth-order valence-corrected chi connectivity index (χ4v) is 0.780. The smallest absolute Gasteiger partial charge is 0.346 e. The zero-order valence-electron chi connectivity index (χ0n) is 9.94. The molecule has 0 atom stereocenters. The van der Waals surface area contributed by atoms with Crippen molar-refractivity contribution in [2.75, 3.05) is 0 Å². The van der Waals surface area contributed by atoms with Gasteiger partial charge in [0, 0.05) is 0 Å². The van der Waals surface area contributed by atoms with Crippen LogP contribution >= 0.6 is 0 Å². The molecule has 0 aromatic heterocycles. The summed E-state index contributed by atoms with van der Waals surface area (Å²) in [6.07, 6.45) is 7.98. The summed E-state index contributed by atoms with van der Waals surface area (Å²) >= 11 is 0. The third-order valence-electron chi connectivity index (χ3n) is 1.35. The van der Waals surface area contributed by atoms with Crippen LogP contribution < -0.4 is 0 Å². The Morgan fingerprint density at radius 1 is 0.769 bits per heavy atom. The summed E-state index contributed by atoms with van der Waals surface area (Å²) in [4.78, 5) is 0. The summed E-state index contributed by atoms with van der Waals surface area (Å²) in [5, 5.41) is 0. The molecule has 1 heteroatoms. The third kappa shape index (κ3) is 45.4. The average Bonchev–Trinajstić information content (AvgIpc) is 2.19. The Kier molecular flexibility index (Phi) is 70.3. The predicted octanol–water partition coefficient (Wildman–Crippen LogP) is 4.48. The van der Waals surface area contributed by atoms with Crippen molar-refractivity contribution in [3.63, 3.8) is 0 Å². The Hall–Kier alpha value is 0.532. The molecule has 13 heavy (non-hydrogen) atoms. The minimum atomic E-state index is 0. The molecule has 0 rings (SSSR count). The number of hydrogen-bond acceptors (Lipinski definition) is 0. The summed E-state index contributed by atoms with van der Waals surface area (Å²) in [6.45, 7) is 16.0. The number of rotatable bonds is 5. The minimum Gasteiger partial charge on any atom is -0.346 e. The van der Waals surface area contributed by atoms with Gasteiger partial charge in [0.2, 0.25) is 0 Å². The summed E-state index contributed by atoms with van der Waals surface area (Å²) in [6, 6.07) is 0. The van der Waals surface area contributed by atoms with Gasteiger partial charge in [0.05, 0.1) is 0 Å². The van der Waals surface area contributed by atoms with Gasteiger partial charge in [-0.2, -0.15) is 20.3 Å². The van der Waals surface area contributed by atoms with Crippen LogP contribution in [0.4, 0.5) is 0 Å². The van der Waals surface area contributed by atoms with Gasteiger partial charge in [-0.25, -0.2) is 0 Å². The zero-order chi connectivity index (χ0) is 10.2. The van der Waals surface area contributed by atoms with Crippen LogP contribution in [0.1, 0.15) is 59.3 Å². The van der Waals surface area contributed by atoms with E-state index in [9.17, 15) is 0 Å². The summed E-state index contributed by atoms with van der Waals surface area (Å²) < 4.78 is 0. The van der Waals surface area contributed by atoms with Crippen molar-refractivity contribution in [2.45, 2.75) is 59.3 Å². The van der Waals surface area contributed by atoms with E-state index >= 15 is 0 Å². The van der Waals surface area contributed by atoms with E-state index in [1.54, 1.807) is 13.8 Å². The van der Waals surface area contributed by atoms with E-state index in [0.717, 1.165) is 6.42 Å². The van der Waals surface area contributed by atoms with Crippen molar-refractivity contribution >= 4 is 17.4 Å². The van der Waals surface area contributed by atoms with E-state index < -0.39 is 0 Å². The second-order valence-electron chi connectivity index (χ2n) is 2.27. The van der Waals surface area contributed by atoms with Crippen LogP contribution in [0.5, 0.6) is 0 Å². The first-order chi connectivity index (χ1) is 5.91. The topological polar surface area (TPSA) is 0 Å². The molecule has 0 fully saturated rings. The molecule has 0 N–H and O–H groups in total. The van der Waals surface area contributed by atoms with Crippen molar-refractivity contribution in [3.8, 4) is 0 Å². The minimum absolute atomic E-state index is 0. The summed E-state index contributed by atoms with van der Waals surface area (Å²) in [5.74, 6) is 0. The molecule has 0 aromatic carbocycles. The molecule has 0 radical (unpaired) electrons. The normalized spacial score (nSPS) is 6.92. The Balaban J connectivity index is -0.0000000712. The van der Waals surface area contributed by atoms with Gasteiger partial charge in [-0.1, -0.05) is 39.0 Å². The largest absolute Gasteiger partial charge is 3.00 e. The summed E-state index contributed by atoms with van der Waals surface area (Å²) in [7, 11) is 0. The fraction of sp³-hybridized carbons (Fsp3) is 0.750. The maximum Gasteiger partial charge on any atom is 3.00 e. The van der Waals surface area contributed by atoms with Gasteiger partial charge in [0.15, 0.2) is 0 Å². The fourth-order valence-electron chi connectivity index (χ4n) is 0.780. The Morgan fingerprint density at radius 2 is 1.15 bits per heavy atom. The standard InChI is InChI=1S/C8H17.2C2H5.Al/c1-3-5-7-8-6-4-2;2*1-2;/h1,3-8H2,2H3;2*1H2,2H3;/q3*-1;+3. The van der Waals surface area contributed by atoms with Crippen LogP contribution in [0, 0.1) is 20.8 Å². The Bertz CT molecular complexity index is 30.1. The molecular weight excluding hydrogens is 171 g/mol. The first kappa shape index (κ1) is 23.4. The van der Waals surface area contributed by atoms with E-state index in [1.807, 2.05) is 0 Å². The summed E-state index contributed by atoms with van der Waals surface area (Å²) in [5.41, 5.74) is 0. The monoisotopic (exact) mass is 198 g/mol. The van der Waals surface area contributed by atoms with Gasteiger partial charge in [-0.05, 0) is 0 Å². The molecule has 0 spiro atoms. The second kappa shape index (κ2) is 39.1. The molecule has 0 saturated heterocycles. The van der Waals surface area contributed by atoms with E-state index in [0.29, 0.717) is 0 Å². The van der Waals surface area contributed by atoms with Crippen LogP contribution in [0.25, 0.3) is 0 Å². The Labute approximate surface area is 97.6 Å².